The van der Waals surface area contributed by atoms with E-state index >= 15 is 0 Å². The largest absolute Gasteiger partial charge is 0.391 e. The molecule has 2 rings (SSSR count). The lowest BCUT2D eigenvalue weighted by molar-refractivity contribution is 0.115. The number of aliphatic hydroxyl groups excluding tert-OH is 1. The number of halogens is 3. The molecule has 1 aliphatic carbocycles. The van der Waals surface area contributed by atoms with Crippen LogP contribution in [0.3, 0.4) is 0 Å². The highest BCUT2D eigenvalue weighted by Gasteiger charge is 2.27. The second-order valence-electron chi connectivity index (χ2n) is 5.14. The normalized spacial score (nSPS) is 18.1. The molecule has 0 aromatic heterocycles. The van der Waals surface area contributed by atoms with Crippen molar-refractivity contribution in [1.82, 2.24) is 4.72 Å². The first-order valence-electron chi connectivity index (χ1n) is 6.64. The Hall–Kier alpha value is -1.12. The van der Waals surface area contributed by atoms with Crippen LogP contribution in [0.15, 0.2) is 17.0 Å². The van der Waals surface area contributed by atoms with Crippen molar-refractivity contribution in [1.29, 1.82) is 0 Å². The Labute approximate surface area is 121 Å². The lowest BCUT2D eigenvalue weighted by Gasteiger charge is -2.18. The highest BCUT2D eigenvalue weighted by molar-refractivity contribution is 7.89. The van der Waals surface area contributed by atoms with Crippen molar-refractivity contribution in [2.75, 3.05) is 6.54 Å². The predicted molar refractivity (Wildman–Crippen MR) is 69.5 cm³/mol. The molecule has 1 aromatic carbocycles. The molecule has 0 spiro atoms. The van der Waals surface area contributed by atoms with Crippen LogP contribution in [-0.2, 0) is 10.0 Å². The van der Waals surface area contributed by atoms with Crippen LogP contribution in [-0.4, -0.2) is 26.2 Å². The molecule has 0 aliphatic heterocycles. The molecule has 0 bridgehead atoms. The minimum atomic E-state index is -4.35. The molecule has 0 radical (unpaired) electrons. The average Bonchev–Trinajstić information content (AvgIpc) is 2.96. The van der Waals surface area contributed by atoms with Crippen molar-refractivity contribution < 1.29 is 26.7 Å². The van der Waals surface area contributed by atoms with Gasteiger partial charge >= 0.3 is 0 Å². The quantitative estimate of drug-likeness (QED) is 0.814. The summed E-state index contributed by atoms with van der Waals surface area (Å²) in [6.45, 7) is -0.286. The lowest BCUT2D eigenvalue weighted by atomic mass is 10.0. The van der Waals surface area contributed by atoms with E-state index in [2.05, 4.69) is 0 Å². The molecule has 1 atom stereocenters. The number of hydrogen-bond donors (Lipinski definition) is 2. The molecule has 1 aromatic rings. The Balaban J connectivity index is 2.10. The molecule has 2 N–H and O–H groups in total. The zero-order valence-corrected chi connectivity index (χ0v) is 12.0. The van der Waals surface area contributed by atoms with E-state index in [4.69, 9.17) is 0 Å². The van der Waals surface area contributed by atoms with Gasteiger partial charge in [-0.15, -0.1) is 0 Å². The summed E-state index contributed by atoms with van der Waals surface area (Å²) in [5.41, 5.74) is 0. The van der Waals surface area contributed by atoms with E-state index in [1.54, 1.807) is 0 Å². The molecule has 118 valence electrons. The van der Waals surface area contributed by atoms with Crippen molar-refractivity contribution in [3.8, 4) is 0 Å². The van der Waals surface area contributed by atoms with E-state index in [-0.39, 0.29) is 12.5 Å². The van der Waals surface area contributed by atoms with Crippen LogP contribution in [0.1, 0.15) is 25.7 Å². The van der Waals surface area contributed by atoms with E-state index in [9.17, 15) is 26.7 Å². The highest BCUT2D eigenvalue weighted by Crippen LogP contribution is 2.27. The van der Waals surface area contributed by atoms with E-state index in [0.29, 0.717) is 12.1 Å². The first kappa shape index (κ1) is 16.3. The standard InChI is InChI=1S/C13H16F3NO3S/c14-9-5-6-11(13(16)12(9)15)21(19,20)17-7-10(18)8-3-1-2-4-8/h5-6,8,10,17-18H,1-4,7H2. The maximum Gasteiger partial charge on any atom is 0.243 e. The second kappa shape index (κ2) is 6.33. The molecule has 4 nitrogen and oxygen atoms in total. The summed E-state index contributed by atoms with van der Waals surface area (Å²) in [4.78, 5) is -0.972. The number of sulfonamides is 1. The Morgan fingerprint density at radius 1 is 1.19 bits per heavy atom. The second-order valence-corrected chi connectivity index (χ2v) is 6.87. The van der Waals surface area contributed by atoms with Gasteiger partial charge in [0.25, 0.3) is 0 Å². The molecule has 21 heavy (non-hydrogen) atoms. The number of hydrogen-bond acceptors (Lipinski definition) is 3. The Kier molecular flexibility index (Phi) is 4.90. The summed E-state index contributed by atoms with van der Waals surface area (Å²) < 4.78 is 65.2. The van der Waals surface area contributed by atoms with Crippen molar-refractivity contribution in [3.05, 3.63) is 29.6 Å². The Morgan fingerprint density at radius 3 is 2.43 bits per heavy atom. The third kappa shape index (κ3) is 3.56. The van der Waals surface area contributed by atoms with Crippen LogP contribution >= 0.6 is 0 Å². The number of benzene rings is 1. The molecule has 1 aliphatic rings. The van der Waals surface area contributed by atoms with Gasteiger partial charge in [-0.25, -0.2) is 26.3 Å². The fraction of sp³-hybridized carbons (Fsp3) is 0.538. The van der Waals surface area contributed by atoms with Gasteiger partial charge in [-0.05, 0) is 30.9 Å². The van der Waals surface area contributed by atoms with Crippen LogP contribution in [0, 0.1) is 23.4 Å². The van der Waals surface area contributed by atoms with Gasteiger partial charge < -0.3 is 5.11 Å². The van der Waals surface area contributed by atoms with Gasteiger partial charge in [-0.3, -0.25) is 0 Å². The molecule has 0 heterocycles. The summed E-state index contributed by atoms with van der Waals surface area (Å²) in [7, 11) is -4.35. The first-order valence-corrected chi connectivity index (χ1v) is 8.12. The van der Waals surface area contributed by atoms with Gasteiger partial charge in [0, 0.05) is 6.54 Å². The van der Waals surface area contributed by atoms with E-state index < -0.39 is 38.5 Å². The number of rotatable bonds is 5. The smallest absolute Gasteiger partial charge is 0.243 e. The SMILES string of the molecule is O=S(=O)(NCC(O)C1CCCC1)c1ccc(F)c(F)c1F. The summed E-state index contributed by atoms with van der Waals surface area (Å²) in [6, 6.07) is 1.19. The van der Waals surface area contributed by atoms with E-state index in [0.717, 1.165) is 25.7 Å². The molecule has 0 amide bonds. The van der Waals surface area contributed by atoms with Crippen LogP contribution < -0.4 is 4.72 Å². The summed E-state index contributed by atoms with van der Waals surface area (Å²) in [5, 5.41) is 9.87. The first-order chi connectivity index (χ1) is 9.83. The van der Waals surface area contributed by atoms with Gasteiger partial charge in [-0.1, -0.05) is 12.8 Å². The molecule has 0 saturated heterocycles. The number of nitrogens with one attached hydrogen (secondary N) is 1. The third-order valence-corrected chi connectivity index (χ3v) is 5.16. The molecule has 1 fully saturated rings. The molecule has 1 saturated carbocycles. The minimum absolute atomic E-state index is 0.00232. The van der Waals surface area contributed by atoms with Crippen LogP contribution in [0.4, 0.5) is 13.2 Å². The van der Waals surface area contributed by atoms with Gasteiger partial charge in [0.1, 0.15) is 4.90 Å². The van der Waals surface area contributed by atoms with Crippen molar-refractivity contribution in [2.45, 2.75) is 36.7 Å². The van der Waals surface area contributed by atoms with Crippen LogP contribution in [0.5, 0.6) is 0 Å². The van der Waals surface area contributed by atoms with Crippen molar-refractivity contribution in [2.24, 2.45) is 5.92 Å². The van der Waals surface area contributed by atoms with E-state index in [1.165, 1.54) is 0 Å². The summed E-state index contributed by atoms with van der Waals surface area (Å²) in [5.74, 6) is -5.06. The van der Waals surface area contributed by atoms with Gasteiger partial charge in [0.05, 0.1) is 6.10 Å². The summed E-state index contributed by atoms with van der Waals surface area (Å²) >= 11 is 0. The third-order valence-electron chi connectivity index (χ3n) is 3.72. The fourth-order valence-corrected chi connectivity index (χ4v) is 3.62. The zero-order valence-electron chi connectivity index (χ0n) is 11.2. The fourth-order valence-electron chi connectivity index (χ4n) is 2.50. The maximum absolute atomic E-state index is 13.5. The molecular weight excluding hydrogens is 307 g/mol. The predicted octanol–water partition coefficient (Wildman–Crippen LogP) is 1.93. The Morgan fingerprint density at radius 2 is 1.81 bits per heavy atom. The van der Waals surface area contributed by atoms with Crippen LogP contribution in [0.25, 0.3) is 0 Å². The zero-order chi connectivity index (χ0) is 15.6. The molecule has 1 unspecified atom stereocenters. The Bertz CT molecular complexity index is 615. The van der Waals surface area contributed by atoms with Gasteiger partial charge in [-0.2, -0.15) is 0 Å². The molecular formula is C13H16F3NO3S. The van der Waals surface area contributed by atoms with Crippen molar-refractivity contribution >= 4 is 10.0 Å². The highest BCUT2D eigenvalue weighted by atomic mass is 32.2. The van der Waals surface area contributed by atoms with Crippen LogP contribution in [0.2, 0.25) is 0 Å². The average molecular weight is 323 g/mol. The van der Waals surface area contributed by atoms with Gasteiger partial charge in [0.15, 0.2) is 17.5 Å². The topological polar surface area (TPSA) is 66.4 Å². The van der Waals surface area contributed by atoms with Crippen molar-refractivity contribution in [3.63, 3.8) is 0 Å². The van der Waals surface area contributed by atoms with Gasteiger partial charge in [0.2, 0.25) is 10.0 Å². The molecule has 8 heteroatoms. The number of aliphatic hydroxyl groups is 1. The minimum Gasteiger partial charge on any atom is -0.391 e. The lowest BCUT2D eigenvalue weighted by Crippen LogP contribution is -2.36. The van der Waals surface area contributed by atoms with E-state index in [1.807, 2.05) is 4.72 Å². The maximum atomic E-state index is 13.5. The summed E-state index contributed by atoms with van der Waals surface area (Å²) in [6.07, 6.45) is 2.69. The monoisotopic (exact) mass is 323 g/mol.